The van der Waals surface area contributed by atoms with E-state index in [1.54, 1.807) is 43.3 Å². The van der Waals surface area contributed by atoms with Gasteiger partial charge in [-0.2, -0.15) is 0 Å². The zero-order valence-electron chi connectivity index (χ0n) is 17.3. The molecule has 0 saturated carbocycles. The number of amides is 2. The number of rotatable bonds is 7. The van der Waals surface area contributed by atoms with Crippen LogP contribution in [0.25, 0.3) is 0 Å². The van der Waals surface area contributed by atoms with Gasteiger partial charge in [0, 0.05) is 16.9 Å². The third kappa shape index (κ3) is 6.66. The quantitative estimate of drug-likeness (QED) is 0.410. The second kappa shape index (κ2) is 10.7. The molecule has 0 bridgehead atoms. The van der Waals surface area contributed by atoms with Crippen LogP contribution in [0, 0.1) is 5.82 Å². The van der Waals surface area contributed by atoms with Crippen LogP contribution in [-0.2, 0) is 16.0 Å². The van der Waals surface area contributed by atoms with Crippen molar-refractivity contribution in [3.05, 3.63) is 89.7 Å². The van der Waals surface area contributed by atoms with Crippen molar-refractivity contribution in [2.45, 2.75) is 13.3 Å². The molecule has 0 saturated heterocycles. The summed E-state index contributed by atoms with van der Waals surface area (Å²) in [6, 6.07) is 18.4. The summed E-state index contributed by atoms with van der Waals surface area (Å²) in [6.45, 7) is 1.87. The lowest BCUT2D eigenvalue weighted by atomic mass is 10.1. The number of hydrogen-bond acceptors (Lipinski definition) is 5. The summed E-state index contributed by atoms with van der Waals surface area (Å²) in [4.78, 5) is 35.8. The lowest BCUT2D eigenvalue weighted by Crippen LogP contribution is -2.15. The maximum Gasteiger partial charge on any atom is 0.513 e. The van der Waals surface area contributed by atoms with Crippen molar-refractivity contribution < 1.29 is 28.2 Å². The van der Waals surface area contributed by atoms with E-state index in [2.05, 4.69) is 15.4 Å². The SMILES string of the molecule is CCOC(=O)Oc1ccc(C(=O)Nc2ccc(NC(=O)Cc3ccc(F)cc3)cc2)cc1. The van der Waals surface area contributed by atoms with Crippen LogP contribution < -0.4 is 15.4 Å². The molecule has 164 valence electrons. The van der Waals surface area contributed by atoms with Crippen LogP contribution in [-0.4, -0.2) is 24.6 Å². The Kier molecular flexibility index (Phi) is 7.53. The molecule has 0 aliphatic carbocycles. The van der Waals surface area contributed by atoms with Gasteiger partial charge in [0.1, 0.15) is 11.6 Å². The first-order valence-corrected chi connectivity index (χ1v) is 9.83. The number of ether oxygens (including phenoxy) is 2. The lowest BCUT2D eigenvalue weighted by molar-refractivity contribution is -0.115. The van der Waals surface area contributed by atoms with Crippen molar-refractivity contribution in [1.82, 2.24) is 0 Å². The molecule has 0 heterocycles. The first kappa shape index (κ1) is 22.5. The highest BCUT2D eigenvalue weighted by atomic mass is 19.1. The normalized spacial score (nSPS) is 10.2. The molecule has 2 amide bonds. The van der Waals surface area contributed by atoms with Gasteiger partial charge in [-0.05, 0) is 73.2 Å². The standard InChI is InChI=1S/C24H21FN2O5/c1-2-31-24(30)32-21-13-5-17(6-14-21)23(29)27-20-11-9-19(10-12-20)26-22(28)15-16-3-7-18(25)8-4-16/h3-14H,2,15H2,1H3,(H,26,28)(H,27,29). The molecule has 0 aliphatic rings. The molecule has 3 aromatic carbocycles. The minimum absolute atomic E-state index is 0.120. The molecular formula is C24H21FN2O5. The Morgan fingerprint density at radius 1 is 0.812 bits per heavy atom. The third-order valence-electron chi connectivity index (χ3n) is 4.28. The minimum atomic E-state index is -0.811. The van der Waals surface area contributed by atoms with Crippen molar-refractivity contribution in [3.63, 3.8) is 0 Å². The van der Waals surface area contributed by atoms with Crippen molar-refractivity contribution in [2.24, 2.45) is 0 Å². The summed E-state index contributed by atoms with van der Waals surface area (Å²) >= 11 is 0. The lowest BCUT2D eigenvalue weighted by Gasteiger charge is -2.09. The Morgan fingerprint density at radius 3 is 2.00 bits per heavy atom. The Morgan fingerprint density at radius 2 is 1.41 bits per heavy atom. The van der Waals surface area contributed by atoms with E-state index in [-0.39, 0.29) is 36.4 Å². The molecule has 2 N–H and O–H groups in total. The summed E-state index contributed by atoms with van der Waals surface area (Å²) in [5.41, 5.74) is 2.18. The molecule has 3 rings (SSSR count). The maximum absolute atomic E-state index is 12.9. The van der Waals surface area contributed by atoms with Gasteiger partial charge in [0.25, 0.3) is 5.91 Å². The summed E-state index contributed by atoms with van der Waals surface area (Å²) < 4.78 is 22.6. The van der Waals surface area contributed by atoms with E-state index in [0.717, 1.165) is 0 Å². The fourth-order valence-electron chi connectivity index (χ4n) is 2.75. The highest BCUT2D eigenvalue weighted by Gasteiger charge is 2.10. The second-order valence-electron chi connectivity index (χ2n) is 6.69. The second-order valence-corrected chi connectivity index (χ2v) is 6.69. The molecule has 3 aromatic rings. The minimum Gasteiger partial charge on any atom is -0.434 e. The van der Waals surface area contributed by atoms with Gasteiger partial charge in [0.2, 0.25) is 5.91 Å². The van der Waals surface area contributed by atoms with Gasteiger partial charge in [0.15, 0.2) is 0 Å². The van der Waals surface area contributed by atoms with E-state index in [4.69, 9.17) is 4.74 Å². The van der Waals surface area contributed by atoms with Gasteiger partial charge in [-0.3, -0.25) is 9.59 Å². The largest absolute Gasteiger partial charge is 0.513 e. The topological polar surface area (TPSA) is 93.7 Å². The van der Waals surface area contributed by atoms with Crippen molar-refractivity contribution in [1.29, 1.82) is 0 Å². The average molecular weight is 436 g/mol. The fourth-order valence-corrected chi connectivity index (χ4v) is 2.75. The van der Waals surface area contributed by atoms with Gasteiger partial charge < -0.3 is 20.1 Å². The highest BCUT2D eigenvalue weighted by molar-refractivity contribution is 6.04. The molecule has 0 unspecified atom stereocenters. The number of carbonyl (C=O) groups is 3. The monoisotopic (exact) mass is 436 g/mol. The number of anilines is 2. The van der Waals surface area contributed by atoms with Gasteiger partial charge in [-0.25, -0.2) is 9.18 Å². The van der Waals surface area contributed by atoms with E-state index >= 15 is 0 Å². The van der Waals surface area contributed by atoms with Crippen LogP contribution in [0.3, 0.4) is 0 Å². The molecule has 7 nitrogen and oxygen atoms in total. The predicted octanol–water partition coefficient (Wildman–Crippen LogP) is 4.79. The van der Waals surface area contributed by atoms with E-state index < -0.39 is 6.16 Å². The Bertz CT molecular complexity index is 1080. The first-order valence-electron chi connectivity index (χ1n) is 9.83. The van der Waals surface area contributed by atoms with Crippen LogP contribution in [0.2, 0.25) is 0 Å². The number of halogens is 1. The zero-order valence-corrected chi connectivity index (χ0v) is 17.3. The fraction of sp³-hybridized carbons (Fsp3) is 0.125. The smallest absolute Gasteiger partial charge is 0.434 e. The van der Waals surface area contributed by atoms with Crippen LogP contribution >= 0.6 is 0 Å². The Hall–Kier alpha value is -4.20. The van der Waals surface area contributed by atoms with Crippen molar-refractivity contribution in [2.75, 3.05) is 17.2 Å². The van der Waals surface area contributed by atoms with Crippen LogP contribution in [0.15, 0.2) is 72.8 Å². The summed E-state index contributed by atoms with van der Waals surface area (Å²) in [7, 11) is 0. The molecule has 0 spiro atoms. The maximum atomic E-state index is 12.9. The third-order valence-corrected chi connectivity index (χ3v) is 4.28. The van der Waals surface area contributed by atoms with Gasteiger partial charge in [-0.15, -0.1) is 0 Å². The van der Waals surface area contributed by atoms with E-state index in [9.17, 15) is 18.8 Å². The molecular weight excluding hydrogens is 415 g/mol. The average Bonchev–Trinajstić information content (AvgIpc) is 2.77. The van der Waals surface area contributed by atoms with Crippen LogP contribution in [0.4, 0.5) is 20.6 Å². The Labute approximate surface area is 184 Å². The predicted molar refractivity (Wildman–Crippen MR) is 117 cm³/mol. The molecule has 0 fully saturated rings. The molecule has 0 atom stereocenters. The van der Waals surface area contributed by atoms with E-state index in [1.807, 2.05) is 0 Å². The number of nitrogens with one attached hydrogen (secondary N) is 2. The van der Waals surface area contributed by atoms with Gasteiger partial charge in [-0.1, -0.05) is 12.1 Å². The van der Waals surface area contributed by atoms with Gasteiger partial charge in [0.05, 0.1) is 13.0 Å². The summed E-state index contributed by atoms with van der Waals surface area (Å²) in [5, 5.41) is 5.50. The molecule has 32 heavy (non-hydrogen) atoms. The molecule has 0 aliphatic heterocycles. The Balaban J connectivity index is 1.52. The van der Waals surface area contributed by atoms with E-state index in [1.165, 1.54) is 36.4 Å². The van der Waals surface area contributed by atoms with Crippen molar-refractivity contribution in [3.8, 4) is 5.75 Å². The van der Waals surface area contributed by atoms with Crippen LogP contribution in [0.5, 0.6) is 5.75 Å². The summed E-state index contributed by atoms with van der Waals surface area (Å²) in [6.07, 6.45) is -0.691. The molecule has 0 radical (unpaired) electrons. The molecule has 0 aromatic heterocycles. The van der Waals surface area contributed by atoms with Crippen LogP contribution in [0.1, 0.15) is 22.8 Å². The number of benzene rings is 3. The first-order chi connectivity index (χ1) is 15.4. The van der Waals surface area contributed by atoms with Gasteiger partial charge >= 0.3 is 6.16 Å². The van der Waals surface area contributed by atoms with Crippen molar-refractivity contribution >= 4 is 29.3 Å². The molecule has 8 heteroatoms. The zero-order chi connectivity index (χ0) is 22.9. The van der Waals surface area contributed by atoms with E-state index in [0.29, 0.717) is 22.5 Å². The number of carbonyl (C=O) groups excluding carboxylic acids is 3. The highest BCUT2D eigenvalue weighted by Crippen LogP contribution is 2.17. The number of hydrogen-bond donors (Lipinski definition) is 2. The summed E-state index contributed by atoms with van der Waals surface area (Å²) in [5.74, 6) is -0.673.